The Morgan fingerprint density at radius 2 is 2.25 bits per heavy atom. The second-order valence-corrected chi connectivity index (χ2v) is 2.99. The highest BCUT2D eigenvalue weighted by Crippen LogP contribution is 2.20. The molecule has 62 valence electrons. The van der Waals surface area contributed by atoms with E-state index in [9.17, 15) is 0 Å². The van der Waals surface area contributed by atoms with Gasteiger partial charge in [-0.25, -0.2) is 0 Å². The van der Waals surface area contributed by atoms with Crippen molar-refractivity contribution in [3.05, 3.63) is 34.4 Å². The fourth-order valence-corrected chi connectivity index (χ4v) is 1.24. The van der Waals surface area contributed by atoms with Gasteiger partial charge >= 0.3 is 0 Å². The number of hydrogen-bond donors (Lipinski definition) is 2. The van der Waals surface area contributed by atoms with E-state index in [1.54, 1.807) is 12.2 Å². The molecular formula is C8H9N3S. The number of nitrogens with two attached hydrogens (primary N) is 2. The molecule has 0 aromatic carbocycles. The molecule has 0 saturated carbocycles. The summed E-state index contributed by atoms with van der Waals surface area (Å²) in [6.45, 7) is 0. The van der Waals surface area contributed by atoms with Crippen LogP contribution in [0.15, 0.2) is 34.4 Å². The van der Waals surface area contributed by atoms with Gasteiger partial charge < -0.3 is 5.73 Å². The molecule has 0 aliphatic heterocycles. The molecule has 0 fully saturated rings. The maximum absolute atomic E-state index is 8.61. The normalized spacial score (nSPS) is 16.8. The summed E-state index contributed by atoms with van der Waals surface area (Å²) in [5.74, 6) is 0. The van der Waals surface area contributed by atoms with E-state index in [1.807, 2.05) is 6.08 Å². The molecule has 0 aromatic rings. The van der Waals surface area contributed by atoms with Crippen LogP contribution in [0.2, 0.25) is 0 Å². The number of nitriles is 1. The Bertz CT molecular complexity index is 307. The Balaban J connectivity index is 2.92. The fraction of sp³-hybridized carbons (Fsp3) is 0.125. The molecule has 0 unspecified atom stereocenters. The smallest absolute Gasteiger partial charge is 0.0950 e. The molecule has 4 heteroatoms. The van der Waals surface area contributed by atoms with E-state index in [2.05, 4.69) is 6.07 Å². The molecule has 4 N–H and O–H groups in total. The molecular weight excluding hydrogens is 170 g/mol. The van der Waals surface area contributed by atoms with Crippen LogP contribution in [0.1, 0.15) is 6.42 Å². The van der Waals surface area contributed by atoms with Gasteiger partial charge in [-0.05, 0) is 24.1 Å². The summed E-state index contributed by atoms with van der Waals surface area (Å²) in [5.41, 5.74) is 6.96. The van der Waals surface area contributed by atoms with Gasteiger partial charge in [0, 0.05) is 22.6 Å². The molecule has 1 aliphatic rings. The van der Waals surface area contributed by atoms with Crippen molar-refractivity contribution in [1.82, 2.24) is 0 Å². The Kier molecular flexibility index (Phi) is 2.97. The van der Waals surface area contributed by atoms with Crippen LogP contribution >= 0.6 is 11.9 Å². The molecule has 0 radical (unpaired) electrons. The van der Waals surface area contributed by atoms with Gasteiger partial charge in [0.25, 0.3) is 0 Å². The standard InChI is InChI=1S/C8H9N3S/c9-5-6-1-3-7(10)8(12-11)4-2-6/h1,3-4H,2,10-11H2. The van der Waals surface area contributed by atoms with Crippen molar-refractivity contribution >= 4 is 11.9 Å². The Hall–Kier alpha value is -1.18. The summed E-state index contributed by atoms with van der Waals surface area (Å²) in [6.07, 6.45) is 5.89. The third kappa shape index (κ3) is 1.91. The van der Waals surface area contributed by atoms with Crippen LogP contribution in [-0.2, 0) is 0 Å². The summed E-state index contributed by atoms with van der Waals surface area (Å²) in [7, 11) is 0. The molecule has 0 atom stereocenters. The number of nitrogens with zero attached hydrogens (tertiary/aromatic N) is 1. The predicted octanol–water partition coefficient (Wildman–Crippen LogP) is 1.17. The lowest BCUT2D eigenvalue weighted by atomic mass is 10.2. The SMILES string of the molecule is N#CC1=CC=C(N)C(SN)=CC1. The van der Waals surface area contributed by atoms with Crippen LogP contribution in [0.25, 0.3) is 0 Å². The van der Waals surface area contributed by atoms with Crippen molar-refractivity contribution in [1.29, 1.82) is 5.26 Å². The zero-order chi connectivity index (χ0) is 8.97. The van der Waals surface area contributed by atoms with Crippen LogP contribution in [0.4, 0.5) is 0 Å². The average Bonchev–Trinajstić information content (AvgIpc) is 2.27. The van der Waals surface area contributed by atoms with Crippen LogP contribution in [-0.4, -0.2) is 0 Å². The van der Waals surface area contributed by atoms with Gasteiger partial charge in [-0.15, -0.1) is 0 Å². The molecule has 0 amide bonds. The highest BCUT2D eigenvalue weighted by molar-refractivity contribution is 8.01. The first kappa shape index (κ1) is 8.91. The summed E-state index contributed by atoms with van der Waals surface area (Å²) in [6, 6.07) is 2.08. The summed E-state index contributed by atoms with van der Waals surface area (Å²) in [4.78, 5) is 0.830. The Morgan fingerprint density at radius 1 is 1.50 bits per heavy atom. The van der Waals surface area contributed by atoms with Gasteiger partial charge in [0.2, 0.25) is 0 Å². The monoisotopic (exact) mass is 179 g/mol. The lowest BCUT2D eigenvalue weighted by Gasteiger charge is -1.99. The summed E-state index contributed by atoms with van der Waals surface area (Å²) < 4.78 is 0. The van der Waals surface area contributed by atoms with E-state index in [-0.39, 0.29) is 0 Å². The second-order valence-electron chi connectivity index (χ2n) is 2.32. The predicted molar refractivity (Wildman–Crippen MR) is 50.4 cm³/mol. The van der Waals surface area contributed by atoms with E-state index >= 15 is 0 Å². The maximum Gasteiger partial charge on any atom is 0.0950 e. The van der Waals surface area contributed by atoms with Gasteiger partial charge in [0.1, 0.15) is 0 Å². The molecule has 1 aliphatic carbocycles. The van der Waals surface area contributed by atoms with Crippen molar-refractivity contribution < 1.29 is 0 Å². The third-order valence-corrected chi connectivity index (χ3v) is 2.18. The third-order valence-electron chi connectivity index (χ3n) is 1.53. The second kappa shape index (κ2) is 4.00. The summed E-state index contributed by atoms with van der Waals surface area (Å²) >= 11 is 1.10. The van der Waals surface area contributed by atoms with Crippen LogP contribution < -0.4 is 10.9 Å². The average molecular weight is 179 g/mol. The molecule has 0 heterocycles. The number of hydrogen-bond acceptors (Lipinski definition) is 4. The van der Waals surface area contributed by atoms with Crippen LogP contribution in [0.3, 0.4) is 0 Å². The minimum atomic E-state index is 0.604. The minimum absolute atomic E-state index is 0.604. The number of rotatable bonds is 1. The summed E-state index contributed by atoms with van der Waals surface area (Å²) in [5, 5.41) is 14.0. The van der Waals surface area contributed by atoms with Crippen LogP contribution in [0.5, 0.6) is 0 Å². The molecule has 3 nitrogen and oxygen atoms in total. The highest BCUT2D eigenvalue weighted by atomic mass is 32.2. The topological polar surface area (TPSA) is 75.8 Å². The first-order valence-electron chi connectivity index (χ1n) is 3.41. The molecule has 0 aromatic heterocycles. The lowest BCUT2D eigenvalue weighted by molar-refractivity contribution is 1.28. The van der Waals surface area contributed by atoms with Gasteiger partial charge in [-0.1, -0.05) is 6.08 Å². The first-order chi connectivity index (χ1) is 5.77. The Labute approximate surface area is 75.6 Å². The van der Waals surface area contributed by atoms with E-state index in [1.165, 1.54) is 0 Å². The van der Waals surface area contributed by atoms with E-state index in [0.717, 1.165) is 16.9 Å². The zero-order valence-electron chi connectivity index (χ0n) is 6.45. The van der Waals surface area contributed by atoms with Gasteiger partial charge in [-0.3, -0.25) is 5.14 Å². The van der Waals surface area contributed by atoms with Crippen molar-refractivity contribution in [2.45, 2.75) is 6.42 Å². The fourth-order valence-electron chi connectivity index (χ4n) is 0.860. The van der Waals surface area contributed by atoms with E-state index in [4.69, 9.17) is 16.1 Å². The Morgan fingerprint density at radius 3 is 2.83 bits per heavy atom. The molecule has 1 rings (SSSR count). The van der Waals surface area contributed by atoms with E-state index in [0.29, 0.717) is 17.7 Å². The molecule has 0 saturated heterocycles. The van der Waals surface area contributed by atoms with Crippen molar-refractivity contribution in [3.63, 3.8) is 0 Å². The zero-order valence-corrected chi connectivity index (χ0v) is 7.27. The van der Waals surface area contributed by atoms with E-state index < -0.39 is 0 Å². The largest absolute Gasteiger partial charge is 0.398 e. The lowest BCUT2D eigenvalue weighted by Crippen LogP contribution is -1.99. The minimum Gasteiger partial charge on any atom is -0.398 e. The van der Waals surface area contributed by atoms with Crippen molar-refractivity contribution in [2.75, 3.05) is 0 Å². The van der Waals surface area contributed by atoms with Gasteiger partial charge in [-0.2, -0.15) is 5.26 Å². The molecule has 12 heavy (non-hydrogen) atoms. The quantitative estimate of drug-likeness (QED) is 0.592. The van der Waals surface area contributed by atoms with Crippen LogP contribution in [0, 0.1) is 11.3 Å². The maximum atomic E-state index is 8.61. The first-order valence-corrected chi connectivity index (χ1v) is 4.29. The van der Waals surface area contributed by atoms with Gasteiger partial charge in [0.05, 0.1) is 6.07 Å². The van der Waals surface area contributed by atoms with Crippen molar-refractivity contribution in [3.8, 4) is 6.07 Å². The molecule has 0 spiro atoms. The molecule has 0 bridgehead atoms. The highest BCUT2D eigenvalue weighted by Gasteiger charge is 2.03. The van der Waals surface area contributed by atoms with Crippen molar-refractivity contribution in [2.24, 2.45) is 10.9 Å². The van der Waals surface area contributed by atoms with Gasteiger partial charge in [0.15, 0.2) is 0 Å². The number of allylic oxidation sites excluding steroid dienone is 4.